The van der Waals surface area contributed by atoms with Gasteiger partial charge in [0.1, 0.15) is 5.69 Å². The van der Waals surface area contributed by atoms with Gasteiger partial charge in [0.05, 0.1) is 11.0 Å². The molecule has 2 rings (SSSR count). The number of rotatable bonds is 4. The number of aromatic nitrogens is 1. The summed E-state index contributed by atoms with van der Waals surface area (Å²) in [5.74, 6) is -0.00590. The minimum atomic E-state index is -0.00590. The van der Waals surface area contributed by atoms with Crippen LogP contribution in [0.2, 0.25) is 0 Å². The van der Waals surface area contributed by atoms with Crippen molar-refractivity contribution >= 4 is 23.1 Å². The van der Waals surface area contributed by atoms with Crippen molar-refractivity contribution in [3.63, 3.8) is 0 Å². The highest BCUT2D eigenvalue weighted by molar-refractivity contribution is 7.80. The second kappa shape index (κ2) is 6.76. The van der Waals surface area contributed by atoms with Crippen molar-refractivity contribution in [1.29, 1.82) is 0 Å². The normalized spacial score (nSPS) is 17.8. The second-order valence-corrected chi connectivity index (χ2v) is 5.34. The molecule has 5 nitrogen and oxygen atoms in total. The molecule has 1 unspecified atom stereocenters. The van der Waals surface area contributed by atoms with E-state index in [1.807, 2.05) is 17.0 Å². The van der Waals surface area contributed by atoms with Gasteiger partial charge in [0.15, 0.2) is 0 Å². The number of piperazine rings is 1. The zero-order chi connectivity index (χ0) is 14.5. The van der Waals surface area contributed by atoms with Gasteiger partial charge >= 0.3 is 0 Å². The van der Waals surface area contributed by atoms with E-state index in [4.69, 9.17) is 18.0 Å². The van der Waals surface area contributed by atoms with E-state index in [2.05, 4.69) is 16.8 Å². The molecule has 6 heteroatoms. The number of amides is 1. The van der Waals surface area contributed by atoms with Crippen molar-refractivity contribution in [2.45, 2.75) is 19.4 Å². The fourth-order valence-corrected chi connectivity index (χ4v) is 2.84. The highest BCUT2D eigenvalue weighted by Crippen LogP contribution is 2.11. The van der Waals surface area contributed by atoms with E-state index in [0.717, 1.165) is 19.5 Å². The Morgan fingerprint density at radius 1 is 1.40 bits per heavy atom. The number of carbonyl (C=O) groups excluding carboxylic acids is 1. The van der Waals surface area contributed by atoms with E-state index in [0.29, 0.717) is 23.8 Å². The molecule has 20 heavy (non-hydrogen) atoms. The zero-order valence-electron chi connectivity index (χ0n) is 11.7. The quantitative estimate of drug-likeness (QED) is 0.836. The smallest absolute Gasteiger partial charge is 0.272 e. The summed E-state index contributed by atoms with van der Waals surface area (Å²) >= 11 is 5.10. The Bertz CT molecular complexity index is 471. The first-order chi connectivity index (χ1) is 9.63. The summed E-state index contributed by atoms with van der Waals surface area (Å²) in [6.07, 6.45) is 2.55. The molecule has 2 heterocycles. The van der Waals surface area contributed by atoms with Crippen LogP contribution >= 0.6 is 12.2 Å². The summed E-state index contributed by atoms with van der Waals surface area (Å²) in [5.41, 5.74) is 6.26. The number of hydrogen-bond donors (Lipinski definition) is 1. The van der Waals surface area contributed by atoms with Gasteiger partial charge in [0, 0.05) is 32.4 Å². The molecule has 0 aromatic carbocycles. The van der Waals surface area contributed by atoms with E-state index in [1.54, 1.807) is 12.3 Å². The van der Waals surface area contributed by atoms with Crippen LogP contribution in [0.1, 0.15) is 23.8 Å². The average Bonchev–Trinajstić information content (AvgIpc) is 2.48. The van der Waals surface area contributed by atoms with Gasteiger partial charge < -0.3 is 10.6 Å². The fraction of sp³-hybridized carbons (Fsp3) is 0.500. The van der Waals surface area contributed by atoms with Crippen LogP contribution in [-0.4, -0.2) is 57.9 Å². The van der Waals surface area contributed by atoms with Crippen LogP contribution in [0.4, 0.5) is 0 Å². The van der Waals surface area contributed by atoms with Crippen LogP contribution in [0.15, 0.2) is 24.4 Å². The number of pyridine rings is 1. The summed E-state index contributed by atoms with van der Waals surface area (Å²) in [6.45, 7) is 5.06. The predicted molar refractivity (Wildman–Crippen MR) is 82.6 cm³/mol. The highest BCUT2D eigenvalue weighted by Gasteiger charge is 2.27. The van der Waals surface area contributed by atoms with Gasteiger partial charge in [0.2, 0.25) is 0 Å². The standard InChI is InChI=1S/C14H20N4OS/c1-2-12(13(15)20)17-7-9-18(10-8-17)14(19)11-5-3-4-6-16-11/h3-6,12H,2,7-10H2,1H3,(H2,15,20). The van der Waals surface area contributed by atoms with Gasteiger partial charge in [-0.2, -0.15) is 0 Å². The first kappa shape index (κ1) is 14.9. The van der Waals surface area contributed by atoms with Gasteiger partial charge in [0.25, 0.3) is 5.91 Å². The van der Waals surface area contributed by atoms with Gasteiger partial charge in [-0.3, -0.25) is 14.7 Å². The van der Waals surface area contributed by atoms with Crippen LogP contribution < -0.4 is 5.73 Å². The minimum Gasteiger partial charge on any atom is -0.392 e. The maximum Gasteiger partial charge on any atom is 0.272 e. The Morgan fingerprint density at radius 2 is 2.10 bits per heavy atom. The van der Waals surface area contributed by atoms with E-state index in [-0.39, 0.29) is 11.9 Å². The number of nitrogens with zero attached hydrogens (tertiary/aromatic N) is 3. The van der Waals surface area contributed by atoms with E-state index < -0.39 is 0 Å². The van der Waals surface area contributed by atoms with Crippen molar-refractivity contribution in [3.05, 3.63) is 30.1 Å². The summed E-state index contributed by atoms with van der Waals surface area (Å²) in [4.78, 5) is 21.0. The summed E-state index contributed by atoms with van der Waals surface area (Å²) in [7, 11) is 0. The monoisotopic (exact) mass is 292 g/mol. The third kappa shape index (κ3) is 3.32. The molecule has 0 spiro atoms. The molecule has 0 saturated carbocycles. The van der Waals surface area contributed by atoms with Crippen molar-refractivity contribution in [3.8, 4) is 0 Å². The third-order valence-electron chi connectivity index (χ3n) is 3.64. The summed E-state index contributed by atoms with van der Waals surface area (Å²) in [5, 5.41) is 0. The van der Waals surface area contributed by atoms with E-state index in [1.165, 1.54) is 0 Å². The highest BCUT2D eigenvalue weighted by atomic mass is 32.1. The maximum atomic E-state index is 12.3. The topological polar surface area (TPSA) is 62.5 Å². The molecule has 1 fully saturated rings. The van der Waals surface area contributed by atoms with Gasteiger partial charge in [-0.1, -0.05) is 25.2 Å². The Balaban J connectivity index is 1.94. The number of hydrogen-bond acceptors (Lipinski definition) is 4. The third-order valence-corrected chi connectivity index (χ3v) is 3.91. The van der Waals surface area contributed by atoms with Crippen molar-refractivity contribution in [2.24, 2.45) is 5.73 Å². The molecular weight excluding hydrogens is 272 g/mol. The van der Waals surface area contributed by atoms with Crippen LogP contribution in [0, 0.1) is 0 Å². The molecule has 1 aromatic heterocycles. The van der Waals surface area contributed by atoms with E-state index >= 15 is 0 Å². The molecule has 0 aliphatic carbocycles. The SMILES string of the molecule is CCC(C(N)=S)N1CCN(C(=O)c2ccccn2)CC1. The van der Waals surface area contributed by atoms with Crippen LogP contribution in [0.5, 0.6) is 0 Å². The lowest BCUT2D eigenvalue weighted by Gasteiger charge is -2.38. The number of thiocarbonyl (C=S) groups is 1. The average molecular weight is 292 g/mol. The zero-order valence-corrected chi connectivity index (χ0v) is 12.5. The summed E-state index contributed by atoms with van der Waals surface area (Å²) in [6, 6.07) is 5.52. The molecule has 0 bridgehead atoms. The molecule has 1 aliphatic heterocycles. The lowest BCUT2D eigenvalue weighted by molar-refractivity contribution is 0.0606. The summed E-state index contributed by atoms with van der Waals surface area (Å²) < 4.78 is 0. The minimum absolute atomic E-state index is 0.00590. The van der Waals surface area contributed by atoms with Gasteiger partial charge in [-0.25, -0.2) is 0 Å². The van der Waals surface area contributed by atoms with Crippen LogP contribution in [0.25, 0.3) is 0 Å². The molecule has 1 amide bonds. The number of carbonyl (C=O) groups is 1. The Hall–Kier alpha value is -1.53. The molecule has 1 atom stereocenters. The lowest BCUT2D eigenvalue weighted by atomic mass is 10.1. The Kier molecular flexibility index (Phi) is 5.03. The maximum absolute atomic E-state index is 12.3. The van der Waals surface area contributed by atoms with E-state index in [9.17, 15) is 4.79 Å². The first-order valence-electron chi connectivity index (χ1n) is 6.87. The Labute approximate surface area is 124 Å². The van der Waals surface area contributed by atoms with Crippen molar-refractivity contribution in [1.82, 2.24) is 14.8 Å². The van der Waals surface area contributed by atoms with Crippen LogP contribution in [0.3, 0.4) is 0 Å². The van der Waals surface area contributed by atoms with Crippen molar-refractivity contribution < 1.29 is 4.79 Å². The predicted octanol–water partition coefficient (Wildman–Crippen LogP) is 0.904. The van der Waals surface area contributed by atoms with Crippen molar-refractivity contribution in [2.75, 3.05) is 26.2 Å². The first-order valence-corrected chi connectivity index (χ1v) is 7.28. The fourth-order valence-electron chi connectivity index (χ4n) is 2.53. The van der Waals surface area contributed by atoms with Crippen LogP contribution in [-0.2, 0) is 0 Å². The molecule has 1 aromatic rings. The molecular formula is C14H20N4OS. The largest absolute Gasteiger partial charge is 0.392 e. The molecule has 2 N–H and O–H groups in total. The molecule has 1 saturated heterocycles. The van der Waals surface area contributed by atoms with Gasteiger partial charge in [-0.15, -0.1) is 0 Å². The Morgan fingerprint density at radius 3 is 2.60 bits per heavy atom. The second-order valence-electron chi connectivity index (χ2n) is 4.87. The number of nitrogens with two attached hydrogens (primary N) is 1. The molecule has 1 aliphatic rings. The molecule has 108 valence electrons. The van der Waals surface area contributed by atoms with Gasteiger partial charge in [-0.05, 0) is 18.6 Å². The molecule has 0 radical (unpaired) electrons. The lowest BCUT2D eigenvalue weighted by Crippen LogP contribution is -2.54.